The molecule has 0 unspecified atom stereocenters. The van der Waals surface area contributed by atoms with Crippen LogP contribution >= 0.6 is 0 Å². The fraction of sp³-hybridized carbons (Fsp3) is 0.400. The zero-order chi connectivity index (χ0) is 19.9. The minimum atomic E-state index is -3.07. The van der Waals surface area contributed by atoms with Crippen molar-refractivity contribution in [3.05, 3.63) is 52.2 Å². The Balaban J connectivity index is 2.25. The number of pyridine rings is 1. The molecule has 0 saturated heterocycles. The largest absolute Gasteiger partial charge is 0.383 e. The zero-order valence-corrected chi connectivity index (χ0v) is 16.1. The average Bonchev–Trinajstić information content (AvgIpc) is 2.98. The number of imidazole rings is 1. The molecule has 3 aromatic rings. The van der Waals surface area contributed by atoms with Crippen LogP contribution in [0.2, 0.25) is 0 Å². The van der Waals surface area contributed by atoms with Crippen molar-refractivity contribution in [1.29, 1.82) is 0 Å². The van der Waals surface area contributed by atoms with Gasteiger partial charge in [-0.15, -0.1) is 0 Å². The Labute approximate surface area is 156 Å². The van der Waals surface area contributed by atoms with Crippen molar-refractivity contribution in [1.82, 2.24) is 14.1 Å². The van der Waals surface area contributed by atoms with E-state index in [1.54, 1.807) is 32.3 Å². The number of nitrogens with zero attached hydrogens (tertiary/aromatic N) is 3. The van der Waals surface area contributed by atoms with Crippen LogP contribution in [0, 0.1) is 6.92 Å². The summed E-state index contributed by atoms with van der Waals surface area (Å²) < 4.78 is 36.6. The SMILES string of the molecule is COC[C@H](C)n1c(C(C)(F)F)nc2ccc(-c3cc(C)c(=O)n(C)c3)cc21. The van der Waals surface area contributed by atoms with Gasteiger partial charge in [0.05, 0.1) is 23.7 Å². The van der Waals surface area contributed by atoms with E-state index < -0.39 is 5.92 Å². The number of hydrogen-bond acceptors (Lipinski definition) is 3. The molecule has 3 rings (SSSR count). The van der Waals surface area contributed by atoms with Gasteiger partial charge in [0.25, 0.3) is 5.56 Å². The molecule has 0 bridgehead atoms. The fourth-order valence-electron chi connectivity index (χ4n) is 3.38. The summed E-state index contributed by atoms with van der Waals surface area (Å²) >= 11 is 0. The van der Waals surface area contributed by atoms with Crippen molar-refractivity contribution in [3.8, 4) is 11.1 Å². The van der Waals surface area contributed by atoms with E-state index >= 15 is 0 Å². The Morgan fingerprint density at radius 3 is 2.56 bits per heavy atom. The minimum absolute atomic E-state index is 0.0634. The Morgan fingerprint density at radius 2 is 1.96 bits per heavy atom. The second-order valence-corrected chi connectivity index (χ2v) is 7.03. The van der Waals surface area contributed by atoms with Gasteiger partial charge >= 0.3 is 5.92 Å². The van der Waals surface area contributed by atoms with Crippen LogP contribution in [0.15, 0.2) is 35.3 Å². The molecular formula is C20H23F2N3O2. The van der Waals surface area contributed by atoms with Gasteiger partial charge in [-0.3, -0.25) is 4.79 Å². The number of alkyl halides is 2. The van der Waals surface area contributed by atoms with Crippen molar-refractivity contribution in [2.75, 3.05) is 13.7 Å². The third kappa shape index (κ3) is 3.51. The van der Waals surface area contributed by atoms with Crippen LogP contribution in [0.25, 0.3) is 22.2 Å². The van der Waals surface area contributed by atoms with Crippen molar-refractivity contribution < 1.29 is 13.5 Å². The third-order valence-electron chi connectivity index (χ3n) is 4.63. The van der Waals surface area contributed by atoms with Gasteiger partial charge in [-0.2, -0.15) is 8.78 Å². The molecule has 2 heterocycles. The molecule has 2 aromatic heterocycles. The summed E-state index contributed by atoms with van der Waals surface area (Å²) in [6, 6.07) is 6.90. The van der Waals surface area contributed by atoms with Gasteiger partial charge in [-0.25, -0.2) is 4.98 Å². The lowest BCUT2D eigenvalue weighted by Gasteiger charge is -2.20. The van der Waals surface area contributed by atoms with Crippen LogP contribution < -0.4 is 5.56 Å². The van der Waals surface area contributed by atoms with Crippen molar-refractivity contribution in [2.45, 2.75) is 32.7 Å². The normalized spacial score (nSPS) is 13.3. The quantitative estimate of drug-likeness (QED) is 0.677. The van der Waals surface area contributed by atoms with E-state index in [-0.39, 0.29) is 24.0 Å². The molecule has 27 heavy (non-hydrogen) atoms. The first-order valence-corrected chi connectivity index (χ1v) is 8.70. The van der Waals surface area contributed by atoms with Crippen LogP contribution in [-0.4, -0.2) is 27.8 Å². The number of benzene rings is 1. The molecule has 144 valence electrons. The molecule has 7 heteroatoms. The van der Waals surface area contributed by atoms with E-state index in [1.807, 2.05) is 19.1 Å². The van der Waals surface area contributed by atoms with Gasteiger partial charge in [0.1, 0.15) is 0 Å². The first-order valence-electron chi connectivity index (χ1n) is 8.70. The van der Waals surface area contributed by atoms with Gasteiger partial charge in [-0.05, 0) is 43.2 Å². The Kier molecular flexibility index (Phi) is 4.90. The predicted octanol–water partition coefficient (Wildman–Crippen LogP) is 4.03. The molecule has 0 fully saturated rings. The summed E-state index contributed by atoms with van der Waals surface area (Å²) in [5.74, 6) is -3.36. The van der Waals surface area contributed by atoms with Crippen LogP contribution in [-0.2, 0) is 17.7 Å². The second-order valence-electron chi connectivity index (χ2n) is 7.03. The topological polar surface area (TPSA) is 49.1 Å². The summed E-state index contributed by atoms with van der Waals surface area (Å²) in [6.07, 6.45) is 1.74. The number of halogens is 2. The number of hydrogen-bond donors (Lipinski definition) is 0. The third-order valence-corrected chi connectivity index (χ3v) is 4.63. The van der Waals surface area contributed by atoms with Crippen LogP contribution in [0.4, 0.5) is 8.78 Å². The number of fused-ring (bicyclic) bond motifs is 1. The molecule has 0 N–H and O–H groups in total. The molecule has 5 nitrogen and oxygen atoms in total. The molecule has 0 saturated carbocycles. The Hall–Kier alpha value is -2.54. The highest BCUT2D eigenvalue weighted by Crippen LogP contribution is 2.34. The van der Waals surface area contributed by atoms with E-state index in [9.17, 15) is 13.6 Å². The molecule has 0 aliphatic rings. The Bertz CT molecular complexity index is 1020. The first kappa shape index (κ1) is 19.2. The van der Waals surface area contributed by atoms with Crippen molar-refractivity contribution >= 4 is 11.0 Å². The van der Waals surface area contributed by atoms with Crippen molar-refractivity contribution in [3.63, 3.8) is 0 Å². The molecule has 0 radical (unpaired) electrons. The minimum Gasteiger partial charge on any atom is -0.383 e. The summed E-state index contributed by atoms with van der Waals surface area (Å²) in [5, 5.41) is 0. The lowest BCUT2D eigenvalue weighted by molar-refractivity contribution is 0.00182. The number of rotatable bonds is 5. The highest BCUT2D eigenvalue weighted by Gasteiger charge is 2.33. The van der Waals surface area contributed by atoms with Crippen LogP contribution in [0.5, 0.6) is 0 Å². The van der Waals surface area contributed by atoms with Crippen molar-refractivity contribution in [2.24, 2.45) is 7.05 Å². The van der Waals surface area contributed by atoms with E-state index in [2.05, 4.69) is 4.98 Å². The predicted molar refractivity (Wildman–Crippen MR) is 101 cm³/mol. The van der Waals surface area contributed by atoms with Crippen LogP contribution in [0.1, 0.15) is 31.3 Å². The summed E-state index contributed by atoms with van der Waals surface area (Å²) in [7, 11) is 3.23. The molecule has 0 spiro atoms. The summed E-state index contributed by atoms with van der Waals surface area (Å²) in [4.78, 5) is 16.1. The molecule has 1 atom stereocenters. The van der Waals surface area contributed by atoms with Gasteiger partial charge in [-0.1, -0.05) is 6.07 Å². The maximum absolute atomic E-state index is 14.2. The molecule has 0 amide bonds. The van der Waals surface area contributed by atoms with E-state index in [1.165, 1.54) is 16.2 Å². The average molecular weight is 375 g/mol. The van der Waals surface area contributed by atoms with Crippen LogP contribution in [0.3, 0.4) is 0 Å². The second kappa shape index (κ2) is 6.88. The van der Waals surface area contributed by atoms with E-state index in [0.717, 1.165) is 18.1 Å². The standard InChI is InChI=1S/C20H23F2N3O2/c1-12-8-15(10-24(4)18(12)26)14-6-7-16-17(9-14)25(13(2)11-27-5)19(23-16)20(3,21)22/h6-10,13H,11H2,1-5H3/t13-/m0/s1. The number of methoxy groups -OCH3 is 1. The summed E-state index contributed by atoms with van der Waals surface area (Å²) in [6.45, 7) is 4.72. The highest BCUT2D eigenvalue weighted by atomic mass is 19.3. The maximum Gasteiger partial charge on any atom is 0.302 e. The van der Waals surface area contributed by atoms with E-state index in [4.69, 9.17) is 4.74 Å². The fourth-order valence-corrected chi connectivity index (χ4v) is 3.38. The molecule has 0 aliphatic heterocycles. The highest BCUT2D eigenvalue weighted by molar-refractivity contribution is 5.83. The zero-order valence-electron chi connectivity index (χ0n) is 16.1. The number of aromatic nitrogens is 3. The Morgan fingerprint density at radius 1 is 1.26 bits per heavy atom. The first-order chi connectivity index (χ1) is 12.6. The molecule has 1 aromatic carbocycles. The maximum atomic E-state index is 14.2. The van der Waals surface area contributed by atoms with Gasteiger partial charge in [0.15, 0.2) is 5.82 Å². The number of aryl methyl sites for hydroxylation is 2. The number of ether oxygens (including phenoxy) is 1. The van der Waals surface area contributed by atoms with Gasteiger partial charge < -0.3 is 13.9 Å². The lowest BCUT2D eigenvalue weighted by Crippen LogP contribution is -2.21. The molecular weight excluding hydrogens is 352 g/mol. The molecule has 0 aliphatic carbocycles. The van der Waals surface area contributed by atoms with Gasteiger partial charge in [0.2, 0.25) is 0 Å². The monoisotopic (exact) mass is 375 g/mol. The lowest BCUT2D eigenvalue weighted by atomic mass is 10.1. The van der Waals surface area contributed by atoms with Gasteiger partial charge in [0, 0.05) is 32.8 Å². The smallest absolute Gasteiger partial charge is 0.302 e. The van der Waals surface area contributed by atoms with E-state index in [0.29, 0.717) is 16.6 Å². The summed E-state index contributed by atoms with van der Waals surface area (Å²) in [5.41, 5.74) is 3.34.